The number of carbonyl (C=O) groups is 2. The summed E-state index contributed by atoms with van der Waals surface area (Å²) in [4.78, 5) is 19.5. The number of carbonyl (C=O) groups excluding carboxylic acids is 2. The van der Waals surface area contributed by atoms with Gasteiger partial charge in [-0.2, -0.15) is 0 Å². The van der Waals surface area contributed by atoms with Crippen LogP contribution < -0.4 is 0 Å². The van der Waals surface area contributed by atoms with Gasteiger partial charge in [0.15, 0.2) is 11.5 Å². The molecule has 1 aromatic rings. The van der Waals surface area contributed by atoms with Crippen molar-refractivity contribution in [3.05, 3.63) is 23.8 Å². The van der Waals surface area contributed by atoms with Crippen molar-refractivity contribution in [1.29, 1.82) is 0 Å². The predicted octanol–water partition coefficient (Wildman–Crippen LogP) is 1.51. The molecule has 76 valence electrons. The molecular weight excluding hydrogens is 184 g/mol. The van der Waals surface area contributed by atoms with Gasteiger partial charge in [0, 0.05) is 5.56 Å². The molecule has 1 rings (SSSR count). The van der Waals surface area contributed by atoms with Crippen molar-refractivity contribution < 1.29 is 19.8 Å². The first-order valence-electron chi connectivity index (χ1n) is 3.91. The van der Waals surface area contributed by atoms with Gasteiger partial charge in [-0.15, -0.1) is 0 Å². The number of rotatable bonds is 1. The summed E-state index contributed by atoms with van der Waals surface area (Å²) in [7, 11) is 0. The van der Waals surface area contributed by atoms with E-state index in [-0.39, 0.29) is 17.3 Å². The summed E-state index contributed by atoms with van der Waals surface area (Å²) in [5.74, 6) is -0.324. The number of Topliss-reactive ketones (excluding diaryl/α,β-unsaturated/α-hetero) is 1. The highest BCUT2D eigenvalue weighted by molar-refractivity contribution is 5.76. The van der Waals surface area contributed by atoms with Crippen LogP contribution in [0.2, 0.25) is 0 Å². The Bertz CT molecular complexity index is 327. The molecule has 0 unspecified atom stereocenters. The maximum atomic E-state index is 10.1. The molecule has 4 nitrogen and oxygen atoms in total. The SMILES string of the molecule is CC(C)=O.O=Cc1ccc(O)c(O)c1. The molecule has 0 saturated carbocycles. The van der Waals surface area contributed by atoms with Gasteiger partial charge in [0.1, 0.15) is 12.1 Å². The van der Waals surface area contributed by atoms with Gasteiger partial charge in [-0.3, -0.25) is 4.79 Å². The van der Waals surface area contributed by atoms with Gasteiger partial charge in [0.2, 0.25) is 0 Å². The van der Waals surface area contributed by atoms with Crippen molar-refractivity contribution in [2.24, 2.45) is 0 Å². The number of phenolic OH excluding ortho intramolecular Hbond substituents is 2. The summed E-state index contributed by atoms with van der Waals surface area (Å²) in [5.41, 5.74) is 0.343. The molecule has 2 N–H and O–H groups in total. The molecular formula is C10H12O4. The number of benzene rings is 1. The number of aromatic hydroxyl groups is 2. The van der Waals surface area contributed by atoms with Gasteiger partial charge >= 0.3 is 0 Å². The monoisotopic (exact) mass is 196 g/mol. The summed E-state index contributed by atoms with van der Waals surface area (Å²) >= 11 is 0. The molecule has 0 radical (unpaired) electrons. The fourth-order valence-corrected chi connectivity index (χ4v) is 0.614. The van der Waals surface area contributed by atoms with E-state index in [4.69, 9.17) is 10.2 Å². The van der Waals surface area contributed by atoms with Crippen LogP contribution in [0.1, 0.15) is 24.2 Å². The van der Waals surface area contributed by atoms with E-state index in [1.165, 1.54) is 32.0 Å². The van der Waals surface area contributed by atoms with Crippen LogP contribution in [0.15, 0.2) is 18.2 Å². The van der Waals surface area contributed by atoms with E-state index in [0.717, 1.165) is 0 Å². The van der Waals surface area contributed by atoms with Crippen molar-refractivity contribution in [1.82, 2.24) is 0 Å². The zero-order valence-corrected chi connectivity index (χ0v) is 8.02. The minimum atomic E-state index is -0.274. The quantitative estimate of drug-likeness (QED) is 0.527. The highest BCUT2D eigenvalue weighted by Crippen LogP contribution is 2.23. The first-order valence-corrected chi connectivity index (χ1v) is 3.91. The lowest BCUT2D eigenvalue weighted by atomic mass is 10.2. The average molecular weight is 196 g/mol. The Labute approximate surface area is 81.8 Å². The smallest absolute Gasteiger partial charge is 0.158 e. The molecule has 0 aliphatic rings. The maximum Gasteiger partial charge on any atom is 0.158 e. The van der Waals surface area contributed by atoms with E-state index < -0.39 is 0 Å². The Morgan fingerprint density at radius 3 is 2.07 bits per heavy atom. The van der Waals surface area contributed by atoms with E-state index in [1.807, 2.05) is 0 Å². The molecule has 14 heavy (non-hydrogen) atoms. The summed E-state index contributed by atoms with van der Waals surface area (Å²) < 4.78 is 0. The summed E-state index contributed by atoms with van der Waals surface area (Å²) in [5, 5.41) is 17.6. The van der Waals surface area contributed by atoms with Crippen molar-refractivity contribution in [3.8, 4) is 11.5 Å². The highest BCUT2D eigenvalue weighted by atomic mass is 16.3. The standard InChI is InChI=1S/C7H6O3.C3H6O/c8-4-5-1-2-6(9)7(10)3-5;1-3(2)4/h1-4,9-10H;1-2H3. The number of hydrogen-bond donors (Lipinski definition) is 2. The zero-order valence-electron chi connectivity index (χ0n) is 8.02. The molecule has 0 saturated heterocycles. The van der Waals surface area contributed by atoms with Crippen LogP contribution in [-0.4, -0.2) is 22.3 Å². The number of ketones is 1. The Morgan fingerprint density at radius 1 is 1.21 bits per heavy atom. The molecule has 4 heteroatoms. The van der Waals surface area contributed by atoms with Crippen LogP contribution in [0.4, 0.5) is 0 Å². The maximum absolute atomic E-state index is 10.1. The summed E-state index contributed by atoms with van der Waals surface area (Å²) in [6.07, 6.45) is 0.596. The highest BCUT2D eigenvalue weighted by Gasteiger charge is 1.97. The van der Waals surface area contributed by atoms with Crippen molar-refractivity contribution >= 4 is 12.1 Å². The minimum Gasteiger partial charge on any atom is -0.504 e. The number of phenols is 2. The van der Waals surface area contributed by atoms with E-state index in [1.54, 1.807) is 0 Å². The fraction of sp³-hybridized carbons (Fsp3) is 0.200. The van der Waals surface area contributed by atoms with E-state index in [9.17, 15) is 9.59 Å². The van der Waals surface area contributed by atoms with Gasteiger partial charge in [0.05, 0.1) is 0 Å². The second kappa shape index (κ2) is 5.75. The second-order valence-electron chi connectivity index (χ2n) is 2.77. The first-order chi connectivity index (χ1) is 6.47. The van der Waals surface area contributed by atoms with Crippen LogP contribution in [0.5, 0.6) is 11.5 Å². The molecule has 0 heterocycles. The lowest BCUT2D eigenvalue weighted by Crippen LogP contribution is -1.77. The second-order valence-corrected chi connectivity index (χ2v) is 2.77. The van der Waals surface area contributed by atoms with E-state index in [0.29, 0.717) is 11.8 Å². The molecule has 0 spiro atoms. The van der Waals surface area contributed by atoms with Crippen molar-refractivity contribution in [2.75, 3.05) is 0 Å². The Morgan fingerprint density at radius 2 is 1.71 bits per heavy atom. The van der Waals surface area contributed by atoms with Crippen LogP contribution in [0, 0.1) is 0 Å². The minimum absolute atomic E-state index is 0.167. The number of aldehydes is 1. The molecule has 0 aliphatic carbocycles. The predicted molar refractivity (Wildman–Crippen MR) is 51.5 cm³/mol. The Hall–Kier alpha value is -1.84. The zero-order chi connectivity index (χ0) is 11.1. The lowest BCUT2D eigenvalue weighted by Gasteiger charge is -1.95. The topological polar surface area (TPSA) is 74.6 Å². The van der Waals surface area contributed by atoms with Gasteiger partial charge < -0.3 is 15.0 Å². The number of hydrogen-bond acceptors (Lipinski definition) is 4. The molecule has 0 amide bonds. The average Bonchev–Trinajstić information content (AvgIpc) is 2.09. The van der Waals surface area contributed by atoms with Gasteiger partial charge in [0.25, 0.3) is 0 Å². The third-order valence-corrected chi connectivity index (χ3v) is 1.14. The van der Waals surface area contributed by atoms with Gasteiger partial charge in [-0.1, -0.05) is 0 Å². The summed E-state index contributed by atoms with van der Waals surface area (Å²) in [6.45, 7) is 3.06. The molecule has 0 atom stereocenters. The third kappa shape index (κ3) is 4.92. The Kier molecular flexibility index (Phi) is 4.99. The summed E-state index contributed by atoms with van der Waals surface area (Å²) in [6, 6.07) is 3.88. The molecule has 0 aliphatic heterocycles. The van der Waals surface area contributed by atoms with Crippen molar-refractivity contribution in [3.63, 3.8) is 0 Å². The van der Waals surface area contributed by atoms with Crippen LogP contribution in [0.3, 0.4) is 0 Å². The Balaban J connectivity index is 0.000000364. The third-order valence-electron chi connectivity index (χ3n) is 1.14. The fourth-order valence-electron chi connectivity index (χ4n) is 0.614. The molecule has 1 aromatic carbocycles. The molecule has 0 fully saturated rings. The molecule has 0 bridgehead atoms. The normalized spacial score (nSPS) is 8.43. The lowest BCUT2D eigenvalue weighted by molar-refractivity contribution is -0.114. The van der Waals surface area contributed by atoms with E-state index in [2.05, 4.69) is 0 Å². The van der Waals surface area contributed by atoms with Gasteiger partial charge in [-0.05, 0) is 32.0 Å². The molecule has 0 aromatic heterocycles. The first kappa shape index (κ1) is 12.2. The largest absolute Gasteiger partial charge is 0.504 e. The van der Waals surface area contributed by atoms with Crippen LogP contribution in [-0.2, 0) is 4.79 Å². The van der Waals surface area contributed by atoms with Gasteiger partial charge in [-0.25, -0.2) is 0 Å². The van der Waals surface area contributed by atoms with E-state index >= 15 is 0 Å². The van der Waals surface area contributed by atoms with Crippen LogP contribution in [0.25, 0.3) is 0 Å². The van der Waals surface area contributed by atoms with Crippen LogP contribution >= 0.6 is 0 Å². The van der Waals surface area contributed by atoms with Crippen molar-refractivity contribution in [2.45, 2.75) is 13.8 Å².